The van der Waals surface area contributed by atoms with Crippen LogP contribution in [0, 0.1) is 18.3 Å². The fourth-order valence-corrected chi connectivity index (χ4v) is 1.86. The Morgan fingerprint density at radius 1 is 1.37 bits per heavy atom. The van der Waals surface area contributed by atoms with Crippen molar-refractivity contribution in [1.29, 1.82) is 5.26 Å². The molecule has 0 saturated carbocycles. The van der Waals surface area contributed by atoms with Crippen LogP contribution in [0.15, 0.2) is 30.3 Å². The van der Waals surface area contributed by atoms with Crippen LogP contribution < -0.4 is 4.90 Å². The topological polar surface area (TPSA) is 61.9 Å². The largest absolute Gasteiger partial charge is 0.310 e. The van der Waals surface area contributed by atoms with Gasteiger partial charge in [-0.25, -0.2) is 0 Å². The summed E-state index contributed by atoms with van der Waals surface area (Å²) in [5.41, 5.74) is 2.65. The minimum absolute atomic E-state index is 0.132. The molecule has 2 aromatic rings. The maximum atomic E-state index is 12.3. The van der Waals surface area contributed by atoms with Crippen LogP contribution in [0.5, 0.6) is 0 Å². The number of anilines is 1. The standard InChI is InChI=1S/C14H14N4O/c1-10-8-13(18(3)16-10)14(19)17(2)12-6-4-11(9-15)5-7-12/h4-8H,1-3H3. The molecule has 0 bridgehead atoms. The molecule has 0 radical (unpaired) electrons. The smallest absolute Gasteiger partial charge is 0.276 e. The van der Waals surface area contributed by atoms with Gasteiger partial charge in [0.15, 0.2) is 0 Å². The quantitative estimate of drug-likeness (QED) is 0.822. The molecular weight excluding hydrogens is 240 g/mol. The van der Waals surface area contributed by atoms with E-state index in [1.54, 1.807) is 49.1 Å². The predicted octanol–water partition coefficient (Wildman–Crippen LogP) is 1.88. The maximum absolute atomic E-state index is 12.3. The van der Waals surface area contributed by atoms with E-state index in [0.29, 0.717) is 11.3 Å². The Balaban J connectivity index is 2.28. The van der Waals surface area contributed by atoms with Crippen molar-refractivity contribution in [2.45, 2.75) is 6.92 Å². The first-order chi connectivity index (χ1) is 9.02. The zero-order valence-electron chi connectivity index (χ0n) is 11.1. The van der Waals surface area contributed by atoms with E-state index in [1.807, 2.05) is 13.0 Å². The van der Waals surface area contributed by atoms with E-state index in [-0.39, 0.29) is 5.91 Å². The summed E-state index contributed by atoms with van der Waals surface area (Å²) in [5, 5.41) is 12.9. The Hall–Kier alpha value is -2.61. The van der Waals surface area contributed by atoms with Gasteiger partial charge in [-0.15, -0.1) is 0 Å². The van der Waals surface area contributed by atoms with Gasteiger partial charge in [-0.05, 0) is 37.3 Å². The third-order valence-corrected chi connectivity index (χ3v) is 2.91. The summed E-state index contributed by atoms with van der Waals surface area (Å²) >= 11 is 0. The molecule has 1 aromatic carbocycles. The van der Waals surface area contributed by atoms with Crippen molar-refractivity contribution >= 4 is 11.6 Å². The molecule has 0 aliphatic carbocycles. The van der Waals surface area contributed by atoms with Crippen LogP contribution in [0.2, 0.25) is 0 Å². The minimum atomic E-state index is -0.132. The molecule has 0 saturated heterocycles. The highest BCUT2D eigenvalue weighted by atomic mass is 16.2. The molecule has 5 heteroatoms. The molecule has 0 spiro atoms. The monoisotopic (exact) mass is 254 g/mol. The number of hydrogen-bond acceptors (Lipinski definition) is 3. The van der Waals surface area contributed by atoms with E-state index in [4.69, 9.17) is 5.26 Å². The van der Waals surface area contributed by atoms with E-state index in [9.17, 15) is 4.79 Å². The molecular formula is C14H14N4O. The molecule has 0 fully saturated rings. The zero-order valence-corrected chi connectivity index (χ0v) is 11.1. The molecule has 1 aromatic heterocycles. The van der Waals surface area contributed by atoms with Crippen molar-refractivity contribution < 1.29 is 4.79 Å². The number of hydrogen-bond donors (Lipinski definition) is 0. The number of carbonyl (C=O) groups is 1. The Morgan fingerprint density at radius 2 is 2.00 bits per heavy atom. The van der Waals surface area contributed by atoms with Gasteiger partial charge in [-0.2, -0.15) is 10.4 Å². The summed E-state index contributed by atoms with van der Waals surface area (Å²) < 4.78 is 1.57. The summed E-state index contributed by atoms with van der Waals surface area (Å²) in [5.74, 6) is -0.132. The van der Waals surface area contributed by atoms with Crippen LogP contribution in [0.4, 0.5) is 5.69 Å². The lowest BCUT2D eigenvalue weighted by Crippen LogP contribution is -2.28. The number of amides is 1. The Kier molecular flexibility index (Phi) is 3.34. The second kappa shape index (κ2) is 4.94. The number of nitrogens with zero attached hydrogens (tertiary/aromatic N) is 4. The van der Waals surface area contributed by atoms with Crippen molar-refractivity contribution in [2.75, 3.05) is 11.9 Å². The molecule has 1 amide bonds. The SMILES string of the molecule is Cc1cc(C(=O)N(C)c2ccc(C#N)cc2)n(C)n1. The summed E-state index contributed by atoms with van der Waals surface area (Å²) in [6.07, 6.45) is 0. The summed E-state index contributed by atoms with van der Waals surface area (Å²) in [6, 6.07) is 10.7. The molecule has 0 aliphatic rings. The lowest BCUT2D eigenvalue weighted by Gasteiger charge is -2.17. The maximum Gasteiger partial charge on any atom is 0.276 e. The number of nitriles is 1. The first-order valence-corrected chi connectivity index (χ1v) is 5.82. The van der Waals surface area contributed by atoms with Crippen LogP contribution >= 0.6 is 0 Å². The molecule has 0 unspecified atom stereocenters. The number of rotatable bonds is 2. The van der Waals surface area contributed by atoms with Gasteiger partial charge < -0.3 is 4.90 Å². The molecule has 0 atom stereocenters. The predicted molar refractivity (Wildman–Crippen MR) is 71.8 cm³/mol. The van der Waals surface area contributed by atoms with Crippen LogP contribution in [0.1, 0.15) is 21.7 Å². The van der Waals surface area contributed by atoms with E-state index in [0.717, 1.165) is 11.4 Å². The van der Waals surface area contributed by atoms with Crippen molar-refractivity contribution in [3.63, 3.8) is 0 Å². The summed E-state index contributed by atoms with van der Waals surface area (Å²) in [4.78, 5) is 13.9. The van der Waals surface area contributed by atoms with Gasteiger partial charge in [0, 0.05) is 19.8 Å². The normalized spacial score (nSPS) is 10.0. The Morgan fingerprint density at radius 3 is 2.47 bits per heavy atom. The summed E-state index contributed by atoms with van der Waals surface area (Å²) in [6.45, 7) is 1.85. The van der Waals surface area contributed by atoms with Gasteiger partial charge in [0.05, 0.1) is 17.3 Å². The number of aromatic nitrogens is 2. The van der Waals surface area contributed by atoms with Crippen LogP contribution in [-0.2, 0) is 7.05 Å². The highest BCUT2D eigenvalue weighted by Gasteiger charge is 2.17. The molecule has 5 nitrogen and oxygen atoms in total. The third-order valence-electron chi connectivity index (χ3n) is 2.91. The lowest BCUT2D eigenvalue weighted by atomic mass is 10.2. The highest BCUT2D eigenvalue weighted by Crippen LogP contribution is 2.16. The molecule has 19 heavy (non-hydrogen) atoms. The van der Waals surface area contributed by atoms with Gasteiger partial charge in [-0.1, -0.05) is 0 Å². The number of benzene rings is 1. The fourth-order valence-electron chi connectivity index (χ4n) is 1.86. The first-order valence-electron chi connectivity index (χ1n) is 5.82. The molecule has 2 rings (SSSR count). The Labute approximate surface area is 111 Å². The van der Waals surface area contributed by atoms with Crippen molar-refractivity contribution in [1.82, 2.24) is 9.78 Å². The van der Waals surface area contributed by atoms with E-state index in [2.05, 4.69) is 5.10 Å². The minimum Gasteiger partial charge on any atom is -0.310 e. The van der Waals surface area contributed by atoms with Crippen LogP contribution in [-0.4, -0.2) is 22.7 Å². The average molecular weight is 254 g/mol. The highest BCUT2D eigenvalue weighted by molar-refractivity contribution is 6.04. The number of aryl methyl sites for hydroxylation is 2. The number of carbonyl (C=O) groups excluding carboxylic acids is 1. The molecule has 0 N–H and O–H groups in total. The van der Waals surface area contributed by atoms with Gasteiger partial charge in [-0.3, -0.25) is 9.48 Å². The third kappa shape index (κ3) is 2.47. The van der Waals surface area contributed by atoms with Crippen molar-refractivity contribution in [2.24, 2.45) is 7.05 Å². The second-order valence-corrected chi connectivity index (χ2v) is 4.32. The lowest BCUT2D eigenvalue weighted by molar-refractivity contribution is 0.0984. The van der Waals surface area contributed by atoms with E-state index >= 15 is 0 Å². The zero-order chi connectivity index (χ0) is 14.0. The van der Waals surface area contributed by atoms with Gasteiger partial charge in [0.1, 0.15) is 5.69 Å². The van der Waals surface area contributed by atoms with Crippen molar-refractivity contribution in [3.8, 4) is 6.07 Å². The van der Waals surface area contributed by atoms with Crippen LogP contribution in [0.3, 0.4) is 0 Å². The Bertz CT molecular complexity index is 649. The van der Waals surface area contributed by atoms with Gasteiger partial charge in [0.25, 0.3) is 5.91 Å². The molecule has 96 valence electrons. The first kappa shape index (κ1) is 12.8. The van der Waals surface area contributed by atoms with Gasteiger partial charge >= 0.3 is 0 Å². The van der Waals surface area contributed by atoms with Crippen LogP contribution in [0.25, 0.3) is 0 Å². The molecule has 0 aliphatic heterocycles. The second-order valence-electron chi connectivity index (χ2n) is 4.32. The van der Waals surface area contributed by atoms with Crippen molar-refractivity contribution in [3.05, 3.63) is 47.3 Å². The average Bonchev–Trinajstić information content (AvgIpc) is 2.76. The fraction of sp³-hybridized carbons (Fsp3) is 0.214. The van der Waals surface area contributed by atoms with E-state index < -0.39 is 0 Å². The molecule has 1 heterocycles. The van der Waals surface area contributed by atoms with Gasteiger partial charge in [0.2, 0.25) is 0 Å². The van der Waals surface area contributed by atoms with E-state index in [1.165, 1.54) is 4.90 Å². The summed E-state index contributed by atoms with van der Waals surface area (Å²) in [7, 11) is 3.44.